The summed E-state index contributed by atoms with van der Waals surface area (Å²) in [4.78, 5) is 3.62. The van der Waals surface area contributed by atoms with Crippen molar-refractivity contribution in [1.82, 2.24) is 4.98 Å². The molecule has 0 amide bonds. The van der Waals surface area contributed by atoms with Crippen LogP contribution in [-0.4, -0.2) is 11.4 Å². The topological polar surface area (TPSA) is 31.4 Å². The highest BCUT2D eigenvalue weighted by Crippen LogP contribution is 2.34. The number of aromatic nitrogens is 1. The Balaban J connectivity index is 2.18. The van der Waals surface area contributed by atoms with Crippen LogP contribution in [-0.2, 0) is 12.5 Å². The van der Waals surface area contributed by atoms with Gasteiger partial charge in [-0.1, -0.05) is 19.4 Å². The number of nitrogens with zero attached hydrogens (tertiary/aromatic N) is 1. The Morgan fingerprint density at radius 3 is 2.33 bits per heavy atom. The minimum absolute atomic E-state index is 0.255. The van der Waals surface area contributed by atoms with Crippen LogP contribution in [0.5, 0.6) is 11.5 Å². The smallest absolute Gasteiger partial charge is 0.444 e. The highest BCUT2D eigenvalue weighted by Gasteiger charge is 2.37. The summed E-state index contributed by atoms with van der Waals surface area (Å²) in [5.74, 6) is -4.64. The van der Waals surface area contributed by atoms with Crippen molar-refractivity contribution in [3.63, 3.8) is 0 Å². The molecule has 27 heavy (non-hydrogen) atoms. The van der Waals surface area contributed by atoms with Crippen LogP contribution in [0.25, 0.3) is 0 Å². The lowest BCUT2D eigenvalue weighted by Crippen LogP contribution is -2.23. The number of allylic oxidation sites excluding steroid dienone is 1. The van der Waals surface area contributed by atoms with E-state index in [2.05, 4.69) is 14.5 Å². The van der Waals surface area contributed by atoms with Gasteiger partial charge in [-0.2, -0.15) is 8.78 Å². The quantitative estimate of drug-likeness (QED) is 0.434. The van der Waals surface area contributed by atoms with Gasteiger partial charge in [0.1, 0.15) is 5.75 Å². The third kappa shape index (κ3) is 5.63. The Kier molecular flexibility index (Phi) is 6.70. The van der Waals surface area contributed by atoms with Gasteiger partial charge in [-0.3, -0.25) is 4.98 Å². The molecular formula is C18H15F6NO2. The fourth-order valence-corrected chi connectivity index (χ4v) is 2.11. The summed E-state index contributed by atoms with van der Waals surface area (Å²) < 4.78 is 88.7. The van der Waals surface area contributed by atoms with Gasteiger partial charge in [0.25, 0.3) is 6.43 Å². The van der Waals surface area contributed by atoms with Crippen molar-refractivity contribution in [2.24, 2.45) is 0 Å². The molecule has 1 heterocycles. The van der Waals surface area contributed by atoms with Gasteiger partial charge in [0.15, 0.2) is 23.1 Å². The van der Waals surface area contributed by atoms with Gasteiger partial charge in [-0.15, -0.1) is 0 Å². The average molecular weight is 391 g/mol. The van der Waals surface area contributed by atoms with Gasteiger partial charge in [0.05, 0.1) is 6.26 Å². The second-order valence-electron chi connectivity index (χ2n) is 5.42. The van der Waals surface area contributed by atoms with Crippen LogP contribution in [0.1, 0.15) is 24.6 Å². The first-order valence-corrected chi connectivity index (χ1v) is 7.85. The first-order valence-electron chi connectivity index (χ1n) is 7.85. The molecule has 1 aromatic heterocycles. The standard InChI is InChI=1S/C18H15F6NO2/c1-2-3-11-4-5-15(25-10-11)18(23,24)27-12-8-13(19)17(14(20)9-12)26-7-6-16(21)22/h4-10,16H,2-3H2,1H3/b7-6+. The molecule has 146 valence electrons. The zero-order valence-electron chi connectivity index (χ0n) is 14.1. The molecule has 9 heteroatoms. The van der Waals surface area contributed by atoms with E-state index in [1.807, 2.05) is 6.92 Å². The van der Waals surface area contributed by atoms with Crippen molar-refractivity contribution in [3.8, 4) is 11.5 Å². The molecule has 0 aliphatic rings. The van der Waals surface area contributed by atoms with Gasteiger partial charge in [0, 0.05) is 24.4 Å². The van der Waals surface area contributed by atoms with E-state index in [0.29, 0.717) is 24.8 Å². The number of halogens is 6. The van der Waals surface area contributed by atoms with E-state index < -0.39 is 41.4 Å². The molecular weight excluding hydrogens is 376 g/mol. The number of alkyl halides is 4. The Morgan fingerprint density at radius 2 is 1.81 bits per heavy atom. The Hall–Kier alpha value is -2.71. The van der Waals surface area contributed by atoms with Crippen molar-refractivity contribution in [1.29, 1.82) is 0 Å². The molecule has 0 saturated heterocycles. The van der Waals surface area contributed by atoms with Crippen LogP contribution in [0.2, 0.25) is 0 Å². The summed E-state index contributed by atoms with van der Waals surface area (Å²) in [6, 6.07) is 3.42. The average Bonchev–Trinajstić information content (AvgIpc) is 2.57. The molecule has 0 bridgehead atoms. The Labute approximate surface area is 151 Å². The minimum Gasteiger partial charge on any atom is -0.459 e. The molecule has 0 unspecified atom stereocenters. The number of benzene rings is 1. The lowest BCUT2D eigenvalue weighted by molar-refractivity contribution is -0.188. The maximum absolute atomic E-state index is 14.2. The van der Waals surface area contributed by atoms with Crippen LogP contribution < -0.4 is 9.47 Å². The molecule has 2 rings (SSSR count). The summed E-state index contributed by atoms with van der Waals surface area (Å²) >= 11 is 0. The number of aryl methyl sites for hydroxylation is 1. The van der Waals surface area contributed by atoms with Crippen molar-refractivity contribution in [2.45, 2.75) is 32.3 Å². The molecule has 2 aromatic rings. The number of hydrogen-bond acceptors (Lipinski definition) is 3. The van der Waals surface area contributed by atoms with E-state index in [9.17, 15) is 26.3 Å². The molecule has 0 atom stereocenters. The van der Waals surface area contributed by atoms with E-state index in [-0.39, 0.29) is 6.08 Å². The molecule has 0 N–H and O–H groups in total. The van der Waals surface area contributed by atoms with Gasteiger partial charge < -0.3 is 9.47 Å². The number of pyridine rings is 1. The number of hydrogen-bond donors (Lipinski definition) is 0. The fourth-order valence-electron chi connectivity index (χ4n) is 2.11. The highest BCUT2D eigenvalue weighted by atomic mass is 19.3. The lowest BCUT2D eigenvalue weighted by atomic mass is 10.1. The summed E-state index contributed by atoms with van der Waals surface area (Å²) in [7, 11) is 0. The fraction of sp³-hybridized carbons (Fsp3) is 0.278. The predicted molar refractivity (Wildman–Crippen MR) is 84.9 cm³/mol. The second-order valence-corrected chi connectivity index (χ2v) is 5.42. The monoisotopic (exact) mass is 391 g/mol. The van der Waals surface area contributed by atoms with Crippen molar-refractivity contribution in [3.05, 3.63) is 65.7 Å². The molecule has 1 aromatic carbocycles. The van der Waals surface area contributed by atoms with Crippen LogP contribution in [0.3, 0.4) is 0 Å². The summed E-state index contributed by atoms with van der Waals surface area (Å²) in [5, 5.41) is 0. The highest BCUT2D eigenvalue weighted by molar-refractivity contribution is 5.36. The molecule has 0 spiro atoms. The molecule has 0 saturated carbocycles. The maximum atomic E-state index is 14.2. The van der Waals surface area contributed by atoms with Gasteiger partial charge in [-0.25, -0.2) is 17.6 Å². The zero-order chi connectivity index (χ0) is 20.0. The van der Waals surface area contributed by atoms with Gasteiger partial charge >= 0.3 is 6.11 Å². The van der Waals surface area contributed by atoms with E-state index in [0.717, 1.165) is 18.1 Å². The summed E-state index contributed by atoms with van der Waals surface area (Å²) in [6.07, 6.45) is -3.43. The SMILES string of the molecule is CCCc1ccc(C(F)(F)Oc2cc(F)c(O/C=C/C(F)F)c(F)c2)nc1. The summed E-state index contributed by atoms with van der Waals surface area (Å²) in [5.41, 5.74) is 0.0239. The molecule has 3 nitrogen and oxygen atoms in total. The third-order valence-corrected chi connectivity index (χ3v) is 3.29. The second kappa shape index (κ2) is 8.79. The Morgan fingerprint density at radius 1 is 1.15 bits per heavy atom. The van der Waals surface area contributed by atoms with Crippen molar-refractivity contribution < 1.29 is 35.8 Å². The predicted octanol–water partition coefficient (Wildman–Crippen LogP) is 5.60. The van der Waals surface area contributed by atoms with Crippen LogP contribution in [0.15, 0.2) is 42.8 Å². The lowest BCUT2D eigenvalue weighted by Gasteiger charge is -2.18. The van der Waals surface area contributed by atoms with Crippen LogP contribution in [0.4, 0.5) is 26.3 Å². The largest absolute Gasteiger partial charge is 0.459 e. The van der Waals surface area contributed by atoms with E-state index in [1.54, 1.807) is 0 Å². The molecule has 0 radical (unpaired) electrons. The maximum Gasteiger partial charge on any atom is 0.444 e. The molecule has 0 fully saturated rings. The summed E-state index contributed by atoms with van der Waals surface area (Å²) in [6.45, 7) is 1.92. The normalized spacial score (nSPS) is 12.0. The molecule has 0 aliphatic heterocycles. The van der Waals surface area contributed by atoms with Gasteiger partial charge in [-0.05, 0) is 18.1 Å². The van der Waals surface area contributed by atoms with Crippen LogP contribution >= 0.6 is 0 Å². The third-order valence-electron chi connectivity index (χ3n) is 3.29. The first kappa shape index (κ1) is 20.6. The molecule has 0 aliphatic carbocycles. The zero-order valence-corrected chi connectivity index (χ0v) is 14.1. The van der Waals surface area contributed by atoms with E-state index in [1.165, 1.54) is 12.3 Å². The minimum atomic E-state index is -3.94. The number of ether oxygens (including phenoxy) is 2. The first-order chi connectivity index (χ1) is 12.7. The van der Waals surface area contributed by atoms with Crippen molar-refractivity contribution >= 4 is 0 Å². The van der Waals surface area contributed by atoms with E-state index >= 15 is 0 Å². The number of rotatable bonds is 8. The van der Waals surface area contributed by atoms with Gasteiger partial charge in [0.2, 0.25) is 0 Å². The van der Waals surface area contributed by atoms with Crippen molar-refractivity contribution in [2.75, 3.05) is 0 Å². The van der Waals surface area contributed by atoms with E-state index in [4.69, 9.17) is 0 Å². The van der Waals surface area contributed by atoms with Crippen LogP contribution in [0, 0.1) is 11.6 Å². The Bertz CT molecular complexity index is 770.